The molecule has 3 heteroatoms. The van der Waals surface area contributed by atoms with Crippen molar-refractivity contribution < 1.29 is 0 Å². The zero-order valence-electron chi connectivity index (χ0n) is 14.0. The molecular formula is C18H35N3. The normalized spacial score (nSPS) is 33.6. The summed E-state index contributed by atoms with van der Waals surface area (Å²) < 4.78 is 0. The quantitative estimate of drug-likeness (QED) is 0.804. The fourth-order valence-corrected chi connectivity index (χ4v) is 4.62. The van der Waals surface area contributed by atoms with E-state index < -0.39 is 0 Å². The second-order valence-corrected chi connectivity index (χ2v) is 7.63. The average Bonchev–Trinajstić information content (AvgIpc) is 2.76. The molecule has 3 aliphatic rings. The molecule has 0 radical (unpaired) electrons. The van der Waals surface area contributed by atoms with Crippen LogP contribution in [0.2, 0.25) is 0 Å². The molecule has 2 unspecified atom stereocenters. The van der Waals surface area contributed by atoms with Crippen molar-refractivity contribution in [3.8, 4) is 0 Å². The van der Waals surface area contributed by atoms with Gasteiger partial charge in [-0.25, -0.2) is 0 Å². The molecule has 21 heavy (non-hydrogen) atoms. The van der Waals surface area contributed by atoms with E-state index in [1.165, 1.54) is 90.5 Å². The molecule has 0 aromatic rings. The summed E-state index contributed by atoms with van der Waals surface area (Å²) in [6, 6.07) is 2.40. The van der Waals surface area contributed by atoms with E-state index in [2.05, 4.69) is 22.0 Å². The molecule has 3 fully saturated rings. The molecular weight excluding hydrogens is 258 g/mol. The number of nitrogens with zero attached hydrogens (tertiary/aromatic N) is 2. The lowest BCUT2D eigenvalue weighted by molar-refractivity contribution is 0.0157. The topological polar surface area (TPSA) is 18.5 Å². The van der Waals surface area contributed by atoms with E-state index in [9.17, 15) is 0 Å². The number of piperidine rings is 1. The Labute approximate surface area is 131 Å². The van der Waals surface area contributed by atoms with Crippen LogP contribution in [0.1, 0.15) is 64.7 Å². The van der Waals surface area contributed by atoms with Crippen LogP contribution >= 0.6 is 0 Å². The zero-order chi connectivity index (χ0) is 14.5. The van der Waals surface area contributed by atoms with Gasteiger partial charge in [0.1, 0.15) is 0 Å². The van der Waals surface area contributed by atoms with Crippen LogP contribution in [0.25, 0.3) is 0 Å². The highest BCUT2D eigenvalue weighted by atomic mass is 15.3. The van der Waals surface area contributed by atoms with Gasteiger partial charge in [-0.15, -0.1) is 0 Å². The third-order valence-electron chi connectivity index (χ3n) is 6.00. The van der Waals surface area contributed by atoms with Crippen LogP contribution in [0, 0.1) is 0 Å². The molecule has 1 N–H and O–H groups in total. The van der Waals surface area contributed by atoms with E-state index in [-0.39, 0.29) is 0 Å². The number of piperazine rings is 1. The van der Waals surface area contributed by atoms with Crippen molar-refractivity contribution in [2.45, 2.75) is 82.8 Å². The molecule has 3 nitrogen and oxygen atoms in total. The van der Waals surface area contributed by atoms with Crippen molar-refractivity contribution in [1.82, 2.24) is 15.1 Å². The Hall–Kier alpha value is -0.120. The third-order valence-corrected chi connectivity index (χ3v) is 6.00. The number of hydrogen-bond donors (Lipinski definition) is 1. The number of rotatable bonds is 4. The summed E-state index contributed by atoms with van der Waals surface area (Å²) >= 11 is 0. The maximum absolute atomic E-state index is 3.85. The number of nitrogens with one attached hydrogen (secondary N) is 1. The van der Waals surface area contributed by atoms with Gasteiger partial charge >= 0.3 is 0 Å². The van der Waals surface area contributed by atoms with Crippen molar-refractivity contribution in [2.24, 2.45) is 0 Å². The average molecular weight is 293 g/mol. The molecule has 2 aliphatic heterocycles. The van der Waals surface area contributed by atoms with E-state index in [4.69, 9.17) is 0 Å². The first-order chi connectivity index (χ1) is 10.3. The molecule has 0 spiro atoms. The zero-order valence-corrected chi connectivity index (χ0v) is 14.0. The van der Waals surface area contributed by atoms with Crippen molar-refractivity contribution in [3.63, 3.8) is 0 Å². The molecule has 1 saturated carbocycles. The molecule has 1 aliphatic carbocycles. The lowest BCUT2D eigenvalue weighted by atomic mass is 9.97. The second-order valence-electron chi connectivity index (χ2n) is 7.63. The van der Waals surface area contributed by atoms with Crippen molar-refractivity contribution >= 4 is 0 Å². The smallest absolute Gasteiger partial charge is 0.0223 e. The van der Waals surface area contributed by atoms with Crippen molar-refractivity contribution in [1.29, 1.82) is 0 Å². The Bertz CT molecular complexity index is 299. The Kier molecular flexibility index (Phi) is 5.96. The summed E-state index contributed by atoms with van der Waals surface area (Å²) in [6.45, 7) is 8.84. The standard InChI is InChI=1S/C18H35N3/c1-16-14-21-12-7-6-10-18(21)15-20(16)13-11-19-17-8-4-2-3-5-9-17/h16-19H,2-15H2,1H3. The van der Waals surface area contributed by atoms with Gasteiger partial charge in [0.05, 0.1) is 0 Å². The summed E-state index contributed by atoms with van der Waals surface area (Å²) in [4.78, 5) is 5.50. The second kappa shape index (κ2) is 7.94. The largest absolute Gasteiger partial charge is 0.313 e. The summed E-state index contributed by atoms with van der Waals surface area (Å²) in [7, 11) is 0. The van der Waals surface area contributed by atoms with Crippen LogP contribution < -0.4 is 5.32 Å². The van der Waals surface area contributed by atoms with Crippen molar-refractivity contribution in [3.05, 3.63) is 0 Å². The maximum atomic E-state index is 3.85. The Morgan fingerprint density at radius 3 is 2.48 bits per heavy atom. The minimum atomic E-state index is 0.746. The highest BCUT2D eigenvalue weighted by Crippen LogP contribution is 2.23. The monoisotopic (exact) mass is 293 g/mol. The molecule has 0 amide bonds. The van der Waals surface area contributed by atoms with Gasteiger partial charge in [-0.2, -0.15) is 0 Å². The predicted octanol–water partition coefficient (Wildman–Crippen LogP) is 2.86. The van der Waals surface area contributed by atoms with Gasteiger partial charge in [0.15, 0.2) is 0 Å². The first-order valence-corrected chi connectivity index (χ1v) is 9.54. The predicted molar refractivity (Wildman–Crippen MR) is 89.7 cm³/mol. The van der Waals surface area contributed by atoms with Gasteiger partial charge in [0, 0.05) is 44.3 Å². The molecule has 0 aromatic heterocycles. The van der Waals surface area contributed by atoms with Crippen LogP contribution in [-0.2, 0) is 0 Å². The van der Waals surface area contributed by atoms with Gasteiger partial charge in [-0.1, -0.05) is 32.1 Å². The maximum Gasteiger partial charge on any atom is 0.0223 e. The van der Waals surface area contributed by atoms with Gasteiger partial charge in [-0.05, 0) is 39.2 Å². The lowest BCUT2D eigenvalue weighted by Gasteiger charge is -2.47. The SMILES string of the molecule is CC1CN2CCCCC2CN1CCNC1CCCCCC1. The van der Waals surface area contributed by atoms with E-state index in [0.29, 0.717) is 0 Å². The summed E-state index contributed by atoms with van der Waals surface area (Å²) in [6.07, 6.45) is 12.9. The number of fused-ring (bicyclic) bond motifs is 1. The van der Waals surface area contributed by atoms with Crippen LogP contribution in [0.3, 0.4) is 0 Å². The van der Waals surface area contributed by atoms with Crippen LogP contribution in [0.5, 0.6) is 0 Å². The molecule has 2 atom stereocenters. The lowest BCUT2D eigenvalue weighted by Crippen LogP contribution is -2.59. The third kappa shape index (κ3) is 4.43. The summed E-state index contributed by atoms with van der Waals surface area (Å²) in [5, 5.41) is 3.85. The number of hydrogen-bond acceptors (Lipinski definition) is 3. The first-order valence-electron chi connectivity index (χ1n) is 9.54. The molecule has 3 rings (SSSR count). The minimum absolute atomic E-state index is 0.746. The summed E-state index contributed by atoms with van der Waals surface area (Å²) in [5.41, 5.74) is 0. The Morgan fingerprint density at radius 2 is 1.67 bits per heavy atom. The van der Waals surface area contributed by atoms with Gasteiger partial charge in [0.2, 0.25) is 0 Å². The molecule has 2 heterocycles. The first kappa shape index (κ1) is 15.8. The minimum Gasteiger partial charge on any atom is -0.313 e. The highest BCUT2D eigenvalue weighted by molar-refractivity contribution is 4.89. The van der Waals surface area contributed by atoms with E-state index in [1.54, 1.807) is 0 Å². The van der Waals surface area contributed by atoms with Gasteiger partial charge < -0.3 is 5.32 Å². The fourth-order valence-electron chi connectivity index (χ4n) is 4.62. The highest BCUT2D eigenvalue weighted by Gasteiger charge is 2.32. The molecule has 0 bridgehead atoms. The van der Waals surface area contributed by atoms with Crippen LogP contribution in [-0.4, -0.2) is 60.6 Å². The van der Waals surface area contributed by atoms with E-state index in [0.717, 1.165) is 18.1 Å². The summed E-state index contributed by atoms with van der Waals surface area (Å²) in [5.74, 6) is 0. The van der Waals surface area contributed by atoms with E-state index >= 15 is 0 Å². The molecule has 0 aromatic carbocycles. The molecule has 122 valence electrons. The van der Waals surface area contributed by atoms with E-state index in [1.807, 2.05) is 0 Å². The van der Waals surface area contributed by atoms with Gasteiger partial charge in [0.25, 0.3) is 0 Å². The Morgan fingerprint density at radius 1 is 0.905 bits per heavy atom. The van der Waals surface area contributed by atoms with Crippen LogP contribution in [0.15, 0.2) is 0 Å². The van der Waals surface area contributed by atoms with Crippen LogP contribution in [0.4, 0.5) is 0 Å². The molecule has 2 saturated heterocycles. The Balaban J connectivity index is 1.40. The van der Waals surface area contributed by atoms with Crippen molar-refractivity contribution in [2.75, 3.05) is 32.7 Å². The fraction of sp³-hybridized carbons (Fsp3) is 1.00. The van der Waals surface area contributed by atoms with Gasteiger partial charge in [-0.3, -0.25) is 9.80 Å².